The molecule has 1 aromatic carbocycles. The maximum Gasteiger partial charge on any atom is 0.271 e. The van der Waals surface area contributed by atoms with Crippen LogP contribution in [0.4, 0.5) is 0 Å². The van der Waals surface area contributed by atoms with Crippen LogP contribution in [0, 0.1) is 0 Å². The van der Waals surface area contributed by atoms with Gasteiger partial charge in [0.05, 0.1) is 26.3 Å². The predicted molar refractivity (Wildman–Crippen MR) is 85.3 cm³/mol. The molecule has 0 bridgehead atoms. The van der Waals surface area contributed by atoms with Crippen LogP contribution in [-0.4, -0.2) is 10.9 Å². The Bertz CT molecular complexity index is 689. The summed E-state index contributed by atoms with van der Waals surface area (Å²) >= 11 is 17.9. The van der Waals surface area contributed by atoms with E-state index in [2.05, 4.69) is 22.4 Å². The van der Waals surface area contributed by atoms with Crippen LogP contribution in [0.3, 0.4) is 0 Å². The minimum absolute atomic E-state index is 0.234. The number of benzene rings is 1. The molecule has 0 saturated heterocycles. The van der Waals surface area contributed by atoms with Gasteiger partial charge in [0.25, 0.3) is 5.91 Å². The van der Waals surface area contributed by atoms with E-state index in [0.717, 1.165) is 0 Å². The summed E-state index contributed by atoms with van der Waals surface area (Å²) in [5.74, 6) is -0.347. The molecule has 2 rings (SSSR count). The van der Waals surface area contributed by atoms with E-state index in [1.54, 1.807) is 30.5 Å². The number of amides is 1. The Balaban J connectivity index is 2.06. The number of hydrazine groups is 1. The zero-order valence-corrected chi connectivity index (χ0v) is 12.9. The molecule has 2 N–H and O–H groups in total. The third-order valence-electron chi connectivity index (χ3n) is 2.61. The molecule has 0 atom stereocenters. The highest BCUT2D eigenvalue weighted by Gasteiger charge is 2.12. The lowest BCUT2D eigenvalue weighted by molar-refractivity contribution is 0.0942. The molecule has 0 unspecified atom stereocenters. The van der Waals surface area contributed by atoms with Gasteiger partial charge in [-0.3, -0.25) is 20.6 Å². The molecule has 108 valence electrons. The molecule has 0 spiro atoms. The number of aromatic nitrogens is 1. The lowest BCUT2D eigenvalue weighted by Gasteiger charge is -2.13. The SMILES string of the molecule is C=C(NNC(=O)c1cccnc1)c1ccc(Cl)c(Cl)c1Cl. The Hall–Kier alpha value is -1.75. The number of carbonyl (C=O) groups excluding carboxylic acids is 1. The van der Waals surface area contributed by atoms with Gasteiger partial charge in [-0.2, -0.15) is 0 Å². The highest BCUT2D eigenvalue weighted by Crippen LogP contribution is 2.34. The summed E-state index contributed by atoms with van der Waals surface area (Å²) in [5.41, 5.74) is 6.51. The van der Waals surface area contributed by atoms with Crippen molar-refractivity contribution in [1.82, 2.24) is 15.8 Å². The number of halogens is 3. The van der Waals surface area contributed by atoms with Crippen LogP contribution < -0.4 is 10.9 Å². The van der Waals surface area contributed by atoms with Gasteiger partial charge in [0.1, 0.15) is 0 Å². The van der Waals surface area contributed by atoms with Crippen LogP contribution >= 0.6 is 34.8 Å². The maximum atomic E-state index is 11.9. The van der Waals surface area contributed by atoms with Gasteiger partial charge in [0.2, 0.25) is 0 Å². The Morgan fingerprint density at radius 1 is 1.10 bits per heavy atom. The van der Waals surface area contributed by atoms with Gasteiger partial charge in [-0.05, 0) is 24.3 Å². The molecule has 2 aromatic rings. The van der Waals surface area contributed by atoms with Crippen molar-refractivity contribution >= 4 is 46.4 Å². The van der Waals surface area contributed by atoms with Crippen LogP contribution in [0.25, 0.3) is 5.70 Å². The van der Waals surface area contributed by atoms with Crippen molar-refractivity contribution in [2.75, 3.05) is 0 Å². The fourth-order valence-electron chi connectivity index (χ4n) is 1.53. The lowest BCUT2D eigenvalue weighted by atomic mass is 10.2. The summed E-state index contributed by atoms with van der Waals surface area (Å²) in [6.07, 6.45) is 3.03. The predicted octanol–water partition coefficient (Wildman–Crippen LogP) is 3.95. The molecular weight excluding hydrogens is 333 g/mol. The second-order valence-corrected chi connectivity index (χ2v) is 5.19. The monoisotopic (exact) mass is 341 g/mol. The van der Waals surface area contributed by atoms with E-state index in [-0.39, 0.29) is 16.0 Å². The Morgan fingerprint density at radius 3 is 2.52 bits per heavy atom. The Morgan fingerprint density at radius 2 is 1.86 bits per heavy atom. The fraction of sp³-hybridized carbons (Fsp3) is 0. The molecule has 1 aromatic heterocycles. The molecular formula is C14H10Cl3N3O. The molecule has 0 saturated carbocycles. The maximum absolute atomic E-state index is 11.9. The molecule has 0 aliphatic carbocycles. The third kappa shape index (κ3) is 3.67. The van der Waals surface area contributed by atoms with Crippen LogP contribution in [0.5, 0.6) is 0 Å². The second-order valence-electron chi connectivity index (χ2n) is 4.02. The van der Waals surface area contributed by atoms with Gasteiger partial charge in [-0.1, -0.05) is 41.4 Å². The summed E-state index contributed by atoms with van der Waals surface area (Å²) in [6.45, 7) is 3.79. The molecule has 1 amide bonds. The summed E-state index contributed by atoms with van der Waals surface area (Å²) in [7, 11) is 0. The Kier molecular flexibility index (Phi) is 5.07. The molecule has 21 heavy (non-hydrogen) atoms. The van der Waals surface area contributed by atoms with Crippen molar-refractivity contribution in [3.8, 4) is 0 Å². The van der Waals surface area contributed by atoms with Crippen molar-refractivity contribution in [3.63, 3.8) is 0 Å². The minimum atomic E-state index is -0.347. The van der Waals surface area contributed by atoms with Gasteiger partial charge in [0.15, 0.2) is 0 Å². The zero-order chi connectivity index (χ0) is 15.4. The smallest absolute Gasteiger partial charge is 0.271 e. The Labute approximate surface area is 136 Å². The van der Waals surface area contributed by atoms with E-state index in [1.807, 2.05) is 0 Å². The molecule has 0 fully saturated rings. The zero-order valence-electron chi connectivity index (χ0n) is 10.7. The fourth-order valence-corrected chi connectivity index (χ4v) is 2.18. The van der Waals surface area contributed by atoms with E-state index < -0.39 is 0 Å². The normalized spacial score (nSPS) is 10.0. The number of nitrogens with zero attached hydrogens (tertiary/aromatic N) is 1. The third-order valence-corrected chi connectivity index (χ3v) is 3.90. The van der Waals surface area contributed by atoms with E-state index >= 15 is 0 Å². The molecule has 0 aliphatic heterocycles. The van der Waals surface area contributed by atoms with Crippen LogP contribution in [0.1, 0.15) is 15.9 Å². The van der Waals surface area contributed by atoms with E-state index in [0.29, 0.717) is 21.8 Å². The highest BCUT2D eigenvalue weighted by atomic mass is 35.5. The van der Waals surface area contributed by atoms with Gasteiger partial charge < -0.3 is 0 Å². The molecule has 0 aliphatic rings. The minimum Gasteiger partial charge on any atom is -0.298 e. The molecule has 0 radical (unpaired) electrons. The second kappa shape index (κ2) is 6.80. The van der Waals surface area contributed by atoms with Crippen molar-refractivity contribution < 1.29 is 4.79 Å². The van der Waals surface area contributed by atoms with E-state index in [1.165, 1.54) is 6.20 Å². The van der Waals surface area contributed by atoms with Gasteiger partial charge in [0, 0.05) is 18.0 Å². The van der Waals surface area contributed by atoms with Crippen LogP contribution in [0.15, 0.2) is 43.2 Å². The van der Waals surface area contributed by atoms with Crippen molar-refractivity contribution in [1.29, 1.82) is 0 Å². The van der Waals surface area contributed by atoms with Crippen molar-refractivity contribution in [2.45, 2.75) is 0 Å². The number of carbonyl (C=O) groups is 1. The van der Waals surface area contributed by atoms with Gasteiger partial charge in [-0.25, -0.2) is 0 Å². The van der Waals surface area contributed by atoms with Crippen molar-refractivity contribution in [2.24, 2.45) is 0 Å². The largest absolute Gasteiger partial charge is 0.298 e. The number of hydrogen-bond donors (Lipinski definition) is 2. The van der Waals surface area contributed by atoms with Gasteiger partial charge >= 0.3 is 0 Å². The molecule has 7 heteroatoms. The summed E-state index contributed by atoms with van der Waals surface area (Å²) in [6, 6.07) is 6.56. The topological polar surface area (TPSA) is 54.0 Å². The van der Waals surface area contributed by atoms with Gasteiger partial charge in [-0.15, -0.1) is 0 Å². The summed E-state index contributed by atoms with van der Waals surface area (Å²) < 4.78 is 0. The molecule has 4 nitrogen and oxygen atoms in total. The number of rotatable bonds is 4. The first-order chi connectivity index (χ1) is 10.0. The van der Waals surface area contributed by atoms with E-state index in [9.17, 15) is 4.79 Å². The van der Waals surface area contributed by atoms with Crippen LogP contribution in [0.2, 0.25) is 15.1 Å². The number of nitrogens with one attached hydrogen (secondary N) is 2. The van der Waals surface area contributed by atoms with Crippen molar-refractivity contribution in [3.05, 3.63) is 69.4 Å². The number of hydrogen-bond acceptors (Lipinski definition) is 3. The standard InChI is InChI=1S/C14H10Cl3N3O/c1-8(10-4-5-11(15)13(17)12(10)16)19-20-14(21)9-3-2-6-18-7-9/h2-7,19H,1H2,(H,20,21). The summed E-state index contributed by atoms with van der Waals surface area (Å²) in [4.78, 5) is 15.7. The first-order valence-corrected chi connectivity index (χ1v) is 6.93. The van der Waals surface area contributed by atoms with Crippen LogP contribution in [-0.2, 0) is 0 Å². The first-order valence-electron chi connectivity index (χ1n) is 5.80. The first kappa shape index (κ1) is 15.6. The summed E-state index contributed by atoms with van der Waals surface area (Å²) in [5, 5.41) is 0.840. The number of pyridine rings is 1. The average molecular weight is 343 g/mol. The highest BCUT2D eigenvalue weighted by molar-refractivity contribution is 6.48. The average Bonchev–Trinajstić information content (AvgIpc) is 2.51. The van der Waals surface area contributed by atoms with E-state index in [4.69, 9.17) is 34.8 Å². The lowest BCUT2D eigenvalue weighted by Crippen LogP contribution is -2.35. The quantitative estimate of drug-likeness (QED) is 0.653. The molecule has 1 heterocycles.